The van der Waals surface area contributed by atoms with Crippen molar-refractivity contribution in [2.45, 2.75) is 18.7 Å². The summed E-state index contributed by atoms with van der Waals surface area (Å²) in [6.07, 6.45) is 1.50. The maximum atomic E-state index is 13.6. The van der Waals surface area contributed by atoms with Gasteiger partial charge in [0.25, 0.3) is 15.9 Å². The van der Waals surface area contributed by atoms with Crippen LogP contribution in [0.25, 0.3) is 5.69 Å². The van der Waals surface area contributed by atoms with E-state index < -0.39 is 22.5 Å². The fourth-order valence-corrected chi connectivity index (χ4v) is 6.29. The van der Waals surface area contributed by atoms with Crippen LogP contribution in [0.15, 0.2) is 82.8 Å². The van der Waals surface area contributed by atoms with E-state index in [0.29, 0.717) is 21.5 Å². The first kappa shape index (κ1) is 30.0. The summed E-state index contributed by atoms with van der Waals surface area (Å²) in [5.74, 6) is 0.0824. The van der Waals surface area contributed by atoms with Crippen LogP contribution in [0.2, 0.25) is 10.0 Å². The van der Waals surface area contributed by atoms with Gasteiger partial charge in [-0.3, -0.25) is 9.10 Å². The highest BCUT2D eigenvalue weighted by Crippen LogP contribution is 2.34. The van der Waals surface area contributed by atoms with Crippen molar-refractivity contribution in [3.8, 4) is 17.2 Å². The smallest absolute Gasteiger partial charge is 0.264 e. The Balaban J connectivity index is 1.59. The van der Waals surface area contributed by atoms with E-state index in [1.807, 2.05) is 24.5 Å². The molecule has 0 saturated heterocycles. The molecule has 0 bridgehead atoms. The molecule has 9 nitrogen and oxygen atoms in total. The molecule has 4 aromatic rings. The Morgan fingerprint density at radius 2 is 1.61 bits per heavy atom. The lowest BCUT2D eigenvalue weighted by molar-refractivity contribution is -0.119. The van der Waals surface area contributed by atoms with Crippen molar-refractivity contribution in [2.75, 3.05) is 25.1 Å². The number of nitrogens with one attached hydrogen (secondary N) is 1. The van der Waals surface area contributed by atoms with E-state index in [4.69, 9.17) is 32.7 Å². The Morgan fingerprint density at radius 1 is 0.951 bits per heavy atom. The van der Waals surface area contributed by atoms with Crippen molar-refractivity contribution in [3.63, 3.8) is 0 Å². The number of hydrazone groups is 1. The molecule has 0 aliphatic heterocycles. The zero-order chi connectivity index (χ0) is 29.7. The average molecular weight is 616 g/mol. The summed E-state index contributed by atoms with van der Waals surface area (Å²) in [6, 6.07) is 19.6. The van der Waals surface area contributed by atoms with Gasteiger partial charge < -0.3 is 14.0 Å². The standard InChI is InChI=1S/C29H28Cl2N4O5S/c1-19-12-21(20(2)35(19)25-14-22(30)13-23(31)15-25)17-32-33-29(36)18-34(41(37,38)26-8-6-5-7-9-26)24-10-11-27(39-3)28(16-24)40-4/h5-17H,18H2,1-4H3,(H,33,36)/b32-17-. The summed E-state index contributed by atoms with van der Waals surface area (Å²) in [7, 11) is -1.20. The number of carbonyl (C=O) groups is 1. The number of ether oxygens (including phenoxy) is 2. The molecule has 1 N–H and O–H groups in total. The molecule has 3 aromatic carbocycles. The highest BCUT2D eigenvalue weighted by atomic mass is 35.5. The average Bonchev–Trinajstić information content (AvgIpc) is 3.23. The maximum absolute atomic E-state index is 13.6. The minimum Gasteiger partial charge on any atom is -0.493 e. The van der Waals surface area contributed by atoms with Gasteiger partial charge in [-0.05, 0) is 62.4 Å². The molecule has 0 aliphatic carbocycles. The van der Waals surface area contributed by atoms with E-state index >= 15 is 0 Å². The number of aromatic nitrogens is 1. The second kappa shape index (κ2) is 12.7. The van der Waals surface area contributed by atoms with E-state index in [1.165, 1.54) is 44.7 Å². The molecule has 0 spiro atoms. The van der Waals surface area contributed by atoms with Crippen LogP contribution in [0.3, 0.4) is 0 Å². The summed E-state index contributed by atoms with van der Waals surface area (Å²) in [5, 5.41) is 5.10. The molecule has 0 fully saturated rings. The third-order valence-electron chi connectivity index (χ3n) is 6.24. The molecule has 1 heterocycles. The van der Waals surface area contributed by atoms with Crippen molar-refractivity contribution in [2.24, 2.45) is 5.10 Å². The second-order valence-electron chi connectivity index (χ2n) is 8.95. The van der Waals surface area contributed by atoms with Gasteiger partial charge in [0.2, 0.25) is 0 Å². The zero-order valence-electron chi connectivity index (χ0n) is 22.8. The molecule has 0 aliphatic rings. The Bertz CT molecular complexity index is 1690. The van der Waals surface area contributed by atoms with Crippen LogP contribution in [-0.2, 0) is 14.8 Å². The van der Waals surface area contributed by atoms with Gasteiger partial charge in [0, 0.05) is 38.8 Å². The molecular formula is C29H28Cl2N4O5S. The highest BCUT2D eigenvalue weighted by molar-refractivity contribution is 7.92. The minimum absolute atomic E-state index is 0.0274. The van der Waals surface area contributed by atoms with Crippen molar-refractivity contribution in [3.05, 3.63) is 99.8 Å². The number of halogens is 2. The Labute approximate surface area is 249 Å². The molecule has 0 unspecified atom stereocenters. The monoisotopic (exact) mass is 614 g/mol. The van der Waals surface area contributed by atoms with E-state index in [0.717, 1.165) is 26.9 Å². The fourth-order valence-electron chi connectivity index (χ4n) is 4.34. The number of rotatable bonds is 10. The van der Waals surface area contributed by atoms with Crippen molar-refractivity contribution >= 4 is 51.0 Å². The van der Waals surface area contributed by atoms with Gasteiger partial charge >= 0.3 is 0 Å². The van der Waals surface area contributed by atoms with Crippen LogP contribution in [-0.4, -0.2) is 45.9 Å². The number of aryl methyl sites for hydroxylation is 1. The first-order chi connectivity index (χ1) is 19.5. The maximum Gasteiger partial charge on any atom is 0.264 e. The first-order valence-electron chi connectivity index (χ1n) is 12.3. The highest BCUT2D eigenvalue weighted by Gasteiger charge is 2.28. The largest absolute Gasteiger partial charge is 0.493 e. The number of hydrogen-bond acceptors (Lipinski definition) is 6. The molecule has 0 atom stereocenters. The fraction of sp³-hybridized carbons (Fsp3) is 0.172. The second-order valence-corrected chi connectivity index (χ2v) is 11.7. The normalized spacial score (nSPS) is 11.5. The zero-order valence-corrected chi connectivity index (χ0v) is 25.1. The van der Waals surface area contributed by atoms with Crippen LogP contribution in [0.4, 0.5) is 5.69 Å². The molecule has 0 saturated carbocycles. The van der Waals surface area contributed by atoms with E-state index in [1.54, 1.807) is 42.5 Å². The molecule has 0 radical (unpaired) electrons. The molecule has 1 amide bonds. The van der Waals surface area contributed by atoms with Crippen molar-refractivity contribution in [1.29, 1.82) is 0 Å². The Morgan fingerprint density at radius 3 is 2.24 bits per heavy atom. The van der Waals surface area contributed by atoms with Crippen LogP contribution < -0.4 is 19.2 Å². The Kier molecular flexibility index (Phi) is 9.27. The lowest BCUT2D eigenvalue weighted by atomic mass is 10.2. The van der Waals surface area contributed by atoms with Crippen LogP contribution in [0, 0.1) is 13.8 Å². The van der Waals surface area contributed by atoms with Gasteiger partial charge in [0.15, 0.2) is 11.5 Å². The van der Waals surface area contributed by atoms with Gasteiger partial charge in [-0.2, -0.15) is 5.10 Å². The summed E-state index contributed by atoms with van der Waals surface area (Å²) in [4.78, 5) is 13.0. The van der Waals surface area contributed by atoms with Gasteiger partial charge in [-0.15, -0.1) is 0 Å². The lowest BCUT2D eigenvalue weighted by Gasteiger charge is -2.24. The number of nitrogens with zero attached hydrogens (tertiary/aromatic N) is 3. The van der Waals surface area contributed by atoms with Gasteiger partial charge in [0.05, 0.1) is 31.0 Å². The summed E-state index contributed by atoms with van der Waals surface area (Å²) in [5.41, 5.74) is 5.94. The van der Waals surface area contributed by atoms with Crippen molar-refractivity contribution < 1.29 is 22.7 Å². The third-order valence-corrected chi connectivity index (χ3v) is 8.47. The summed E-state index contributed by atoms with van der Waals surface area (Å²) < 4.78 is 40.8. The minimum atomic E-state index is -4.12. The topological polar surface area (TPSA) is 102 Å². The molecule has 4 rings (SSSR count). The van der Waals surface area contributed by atoms with Crippen molar-refractivity contribution in [1.82, 2.24) is 9.99 Å². The number of anilines is 1. The third kappa shape index (κ3) is 6.67. The summed E-state index contributed by atoms with van der Waals surface area (Å²) >= 11 is 12.4. The number of hydrogen-bond donors (Lipinski definition) is 1. The number of benzene rings is 3. The van der Waals surface area contributed by atoms with E-state index in [-0.39, 0.29) is 10.6 Å². The summed E-state index contributed by atoms with van der Waals surface area (Å²) in [6.45, 7) is 3.29. The number of sulfonamides is 1. The molecule has 12 heteroatoms. The predicted molar refractivity (Wildman–Crippen MR) is 162 cm³/mol. The van der Waals surface area contributed by atoms with E-state index in [2.05, 4.69) is 10.5 Å². The molecule has 41 heavy (non-hydrogen) atoms. The first-order valence-corrected chi connectivity index (χ1v) is 14.5. The predicted octanol–water partition coefficient (Wildman–Crippen LogP) is 5.76. The number of amides is 1. The van der Waals surface area contributed by atoms with E-state index in [9.17, 15) is 13.2 Å². The molecule has 1 aromatic heterocycles. The number of carbonyl (C=O) groups excluding carboxylic acids is 1. The van der Waals surface area contributed by atoms with Crippen LogP contribution in [0.5, 0.6) is 11.5 Å². The van der Waals surface area contributed by atoms with Crippen LogP contribution >= 0.6 is 23.2 Å². The quantitative estimate of drug-likeness (QED) is 0.181. The SMILES string of the molecule is COc1ccc(N(CC(=O)N/N=C\c2cc(C)n(-c3cc(Cl)cc(Cl)c3)c2C)S(=O)(=O)c2ccccc2)cc1OC. The lowest BCUT2D eigenvalue weighted by Crippen LogP contribution is -2.39. The Hall–Kier alpha value is -3.99. The molecular weight excluding hydrogens is 587 g/mol. The molecule has 214 valence electrons. The van der Waals surface area contributed by atoms with Gasteiger partial charge in [-0.25, -0.2) is 13.8 Å². The van der Waals surface area contributed by atoms with Gasteiger partial charge in [0.1, 0.15) is 6.54 Å². The van der Waals surface area contributed by atoms with Crippen LogP contribution in [0.1, 0.15) is 17.0 Å². The van der Waals surface area contributed by atoms with Gasteiger partial charge in [-0.1, -0.05) is 41.4 Å². The number of methoxy groups -OCH3 is 2.